The second-order valence-corrected chi connectivity index (χ2v) is 4.26. The van der Waals surface area contributed by atoms with Gasteiger partial charge < -0.3 is 4.90 Å². The van der Waals surface area contributed by atoms with E-state index in [1.807, 2.05) is 25.0 Å². The number of carbonyl (C=O) groups is 1. The van der Waals surface area contributed by atoms with Crippen molar-refractivity contribution in [3.63, 3.8) is 0 Å². The predicted octanol–water partition coefficient (Wildman–Crippen LogP) is 1.26. The van der Waals surface area contributed by atoms with Crippen LogP contribution in [-0.4, -0.2) is 36.7 Å². The summed E-state index contributed by atoms with van der Waals surface area (Å²) in [6.45, 7) is 6.41. The molecule has 0 aromatic heterocycles. The highest BCUT2D eigenvalue weighted by Gasteiger charge is 2.24. The number of hydrogen-bond donors (Lipinski definition) is 0. The van der Waals surface area contributed by atoms with Crippen molar-refractivity contribution < 1.29 is 4.79 Å². The summed E-state index contributed by atoms with van der Waals surface area (Å²) in [7, 11) is 0. The summed E-state index contributed by atoms with van der Waals surface area (Å²) in [5.41, 5.74) is 2.70. The average molecular weight is 192 g/mol. The van der Waals surface area contributed by atoms with E-state index in [-0.39, 0.29) is 11.8 Å². The molecule has 0 N–H and O–H groups in total. The van der Waals surface area contributed by atoms with E-state index in [1.54, 1.807) is 0 Å². The van der Waals surface area contributed by atoms with Crippen molar-refractivity contribution >= 4 is 12.1 Å². The molecule has 0 atom stereocenters. The van der Waals surface area contributed by atoms with Gasteiger partial charge in [-0.1, -0.05) is 13.8 Å². The molecule has 0 saturated heterocycles. The molecule has 0 fully saturated rings. The summed E-state index contributed by atoms with van der Waals surface area (Å²) >= 11 is 0. The largest absolute Gasteiger partial charge is 0.338 e. The molecular weight excluding hydrogens is 176 g/mol. The highest BCUT2D eigenvalue weighted by atomic mass is 16.2. The van der Waals surface area contributed by atoms with Gasteiger partial charge in [0, 0.05) is 25.2 Å². The van der Waals surface area contributed by atoms with Gasteiger partial charge in [0.1, 0.15) is 0 Å². The van der Waals surface area contributed by atoms with Gasteiger partial charge in [0.2, 0.25) is 5.91 Å². The minimum Gasteiger partial charge on any atom is -0.338 e. The van der Waals surface area contributed by atoms with Crippen LogP contribution in [0, 0.1) is 5.92 Å². The Morgan fingerprint density at radius 1 is 1.57 bits per heavy atom. The smallest absolute Gasteiger partial charge is 0.225 e. The molecule has 76 valence electrons. The Bertz CT molecular complexity index is 315. The van der Waals surface area contributed by atoms with Crippen LogP contribution >= 0.6 is 0 Å². The molecule has 2 aliphatic heterocycles. The zero-order chi connectivity index (χ0) is 10.1. The SMILES string of the molecule is CC(C)C(=O)N1CCC2=C(C=NC2)C1. The third-order valence-electron chi connectivity index (χ3n) is 2.83. The molecule has 0 aromatic rings. The molecule has 0 unspecified atom stereocenters. The second-order valence-electron chi connectivity index (χ2n) is 4.26. The summed E-state index contributed by atoms with van der Waals surface area (Å²) in [4.78, 5) is 17.9. The Morgan fingerprint density at radius 2 is 2.36 bits per heavy atom. The van der Waals surface area contributed by atoms with Crippen molar-refractivity contribution in [1.29, 1.82) is 0 Å². The molecule has 3 heteroatoms. The van der Waals surface area contributed by atoms with Crippen molar-refractivity contribution in [1.82, 2.24) is 4.90 Å². The lowest BCUT2D eigenvalue weighted by Gasteiger charge is -2.29. The van der Waals surface area contributed by atoms with Gasteiger partial charge in [-0.15, -0.1) is 0 Å². The van der Waals surface area contributed by atoms with Crippen LogP contribution in [0.5, 0.6) is 0 Å². The minimum absolute atomic E-state index is 0.107. The number of rotatable bonds is 1. The first kappa shape index (κ1) is 9.44. The van der Waals surface area contributed by atoms with E-state index in [0.717, 1.165) is 26.1 Å². The molecule has 0 spiro atoms. The lowest BCUT2D eigenvalue weighted by Crippen LogP contribution is -2.39. The number of carbonyl (C=O) groups excluding carboxylic acids is 1. The molecule has 14 heavy (non-hydrogen) atoms. The van der Waals surface area contributed by atoms with Gasteiger partial charge >= 0.3 is 0 Å². The molecule has 3 nitrogen and oxygen atoms in total. The minimum atomic E-state index is 0.107. The lowest BCUT2D eigenvalue weighted by atomic mass is 10.0. The van der Waals surface area contributed by atoms with Gasteiger partial charge in [-0.3, -0.25) is 9.79 Å². The molecular formula is C11H16N2O. The van der Waals surface area contributed by atoms with E-state index in [2.05, 4.69) is 4.99 Å². The Hall–Kier alpha value is -1.12. The highest BCUT2D eigenvalue weighted by molar-refractivity contribution is 5.86. The first-order chi connectivity index (χ1) is 6.68. The van der Waals surface area contributed by atoms with Crippen LogP contribution in [0.25, 0.3) is 0 Å². The zero-order valence-corrected chi connectivity index (χ0v) is 8.79. The summed E-state index contributed by atoms with van der Waals surface area (Å²) in [5, 5.41) is 0. The molecule has 0 saturated carbocycles. The third-order valence-corrected chi connectivity index (χ3v) is 2.83. The van der Waals surface area contributed by atoms with Crippen LogP contribution in [0.4, 0.5) is 0 Å². The summed E-state index contributed by atoms with van der Waals surface area (Å²) in [6, 6.07) is 0. The monoisotopic (exact) mass is 192 g/mol. The Morgan fingerprint density at radius 3 is 3.07 bits per heavy atom. The Balaban J connectivity index is 2.06. The van der Waals surface area contributed by atoms with Crippen LogP contribution in [0.2, 0.25) is 0 Å². The first-order valence-electron chi connectivity index (χ1n) is 5.18. The molecule has 0 aliphatic carbocycles. The van der Waals surface area contributed by atoms with Gasteiger partial charge in [-0.05, 0) is 17.6 Å². The molecule has 2 aliphatic rings. The number of aliphatic imine (C=N–C) groups is 1. The number of nitrogens with zero attached hydrogens (tertiary/aromatic N) is 2. The standard InChI is InChI=1S/C11H16N2O/c1-8(2)11(14)13-4-3-9-5-12-6-10(9)7-13/h6,8H,3-5,7H2,1-2H3. The lowest BCUT2D eigenvalue weighted by molar-refractivity contribution is -0.134. The molecule has 1 amide bonds. The third kappa shape index (κ3) is 1.59. The van der Waals surface area contributed by atoms with Crippen molar-refractivity contribution in [2.24, 2.45) is 10.9 Å². The highest BCUT2D eigenvalue weighted by Crippen LogP contribution is 2.21. The van der Waals surface area contributed by atoms with E-state index in [1.165, 1.54) is 11.1 Å². The van der Waals surface area contributed by atoms with E-state index in [9.17, 15) is 4.79 Å². The van der Waals surface area contributed by atoms with Crippen molar-refractivity contribution in [3.8, 4) is 0 Å². The molecule has 2 rings (SSSR count). The van der Waals surface area contributed by atoms with Gasteiger partial charge in [0.25, 0.3) is 0 Å². The van der Waals surface area contributed by atoms with E-state index in [0.29, 0.717) is 0 Å². The molecule has 0 aromatic carbocycles. The molecule has 2 heterocycles. The summed E-state index contributed by atoms with van der Waals surface area (Å²) in [6.07, 6.45) is 2.93. The normalized spacial score (nSPS) is 20.6. The van der Waals surface area contributed by atoms with Crippen LogP contribution in [0.1, 0.15) is 20.3 Å². The molecule has 0 radical (unpaired) electrons. The molecule has 0 bridgehead atoms. The van der Waals surface area contributed by atoms with E-state index < -0.39 is 0 Å². The average Bonchev–Trinajstić information content (AvgIpc) is 2.62. The van der Waals surface area contributed by atoms with Crippen molar-refractivity contribution in [2.75, 3.05) is 19.6 Å². The maximum absolute atomic E-state index is 11.7. The van der Waals surface area contributed by atoms with E-state index in [4.69, 9.17) is 0 Å². The predicted molar refractivity (Wildman–Crippen MR) is 56.4 cm³/mol. The van der Waals surface area contributed by atoms with Crippen molar-refractivity contribution in [3.05, 3.63) is 11.1 Å². The van der Waals surface area contributed by atoms with Crippen LogP contribution < -0.4 is 0 Å². The zero-order valence-electron chi connectivity index (χ0n) is 8.79. The van der Waals surface area contributed by atoms with Crippen LogP contribution in [0.3, 0.4) is 0 Å². The summed E-state index contributed by atoms with van der Waals surface area (Å²) < 4.78 is 0. The fourth-order valence-corrected chi connectivity index (χ4v) is 1.96. The number of hydrogen-bond acceptors (Lipinski definition) is 2. The van der Waals surface area contributed by atoms with Crippen LogP contribution in [-0.2, 0) is 4.79 Å². The maximum atomic E-state index is 11.7. The fourth-order valence-electron chi connectivity index (χ4n) is 1.96. The van der Waals surface area contributed by atoms with Gasteiger partial charge in [0.15, 0.2) is 0 Å². The van der Waals surface area contributed by atoms with Crippen molar-refractivity contribution in [2.45, 2.75) is 20.3 Å². The topological polar surface area (TPSA) is 32.7 Å². The van der Waals surface area contributed by atoms with Crippen LogP contribution in [0.15, 0.2) is 16.1 Å². The first-order valence-corrected chi connectivity index (χ1v) is 5.18. The number of amides is 1. The van der Waals surface area contributed by atoms with Gasteiger partial charge in [0.05, 0.1) is 6.54 Å². The fraction of sp³-hybridized carbons (Fsp3) is 0.636. The van der Waals surface area contributed by atoms with Gasteiger partial charge in [-0.2, -0.15) is 0 Å². The summed E-state index contributed by atoms with van der Waals surface area (Å²) in [5.74, 6) is 0.368. The quantitative estimate of drug-likeness (QED) is 0.615. The second kappa shape index (κ2) is 3.56. The Labute approximate surface area is 84.5 Å². The van der Waals surface area contributed by atoms with Gasteiger partial charge in [-0.25, -0.2) is 0 Å². The van der Waals surface area contributed by atoms with E-state index >= 15 is 0 Å². The maximum Gasteiger partial charge on any atom is 0.225 e. The Kier molecular flexibility index (Phi) is 2.40.